The van der Waals surface area contributed by atoms with Crippen LogP contribution in [0, 0.1) is 5.82 Å². The van der Waals surface area contributed by atoms with Crippen LogP contribution >= 0.6 is 0 Å². The van der Waals surface area contributed by atoms with Crippen LogP contribution in [0.1, 0.15) is 5.56 Å². The summed E-state index contributed by atoms with van der Waals surface area (Å²) in [7, 11) is 0. The fraction of sp³-hybridized carbons (Fsp3) is 0.538. The maximum absolute atomic E-state index is 13.6. The number of nitrogens with zero attached hydrogens (tertiary/aromatic N) is 2. The zero-order valence-electron chi connectivity index (χ0n) is 10.3. The van der Waals surface area contributed by atoms with E-state index in [4.69, 9.17) is 5.11 Å². The normalized spacial score (nSPS) is 17.2. The van der Waals surface area contributed by atoms with E-state index in [0.29, 0.717) is 12.1 Å². The van der Waals surface area contributed by atoms with E-state index < -0.39 is 0 Å². The minimum absolute atomic E-state index is 0.169. The molecule has 0 aliphatic carbocycles. The molecule has 5 heteroatoms. The average Bonchev–Trinajstić information content (AvgIpc) is 2.40. The van der Waals surface area contributed by atoms with E-state index in [1.54, 1.807) is 6.07 Å². The van der Waals surface area contributed by atoms with Gasteiger partial charge in [0.15, 0.2) is 0 Å². The molecule has 0 bridgehead atoms. The molecule has 0 spiro atoms. The molecule has 1 fully saturated rings. The second-order valence-corrected chi connectivity index (χ2v) is 4.45. The topological polar surface area (TPSA) is 46.9 Å². The molecule has 1 aromatic rings. The molecule has 1 aliphatic rings. The monoisotopic (exact) mass is 254 g/mol. The van der Waals surface area contributed by atoms with Gasteiger partial charge >= 0.3 is 0 Å². The van der Waals surface area contributed by atoms with Crippen LogP contribution in [0.4, 0.5) is 10.1 Å². The summed E-state index contributed by atoms with van der Waals surface area (Å²) in [5.41, 5.74) is 1.15. The average molecular weight is 254 g/mol. The zero-order chi connectivity index (χ0) is 13.0. The quantitative estimate of drug-likeness (QED) is 0.818. The van der Waals surface area contributed by atoms with E-state index in [9.17, 15) is 9.50 Å². The van der Waals surface area contributed by atoms with Crippen LogP contribution in [0.2, 0.25) is 0 Å². The number of β-amino-alcohol motifs (C(OH)–C–C–N with tert-alkyl or cyclic N) is 1. The standard InChI is InChI=1S/C13H19FN2O2/c14-12-2-1-3-13(11(12)10-18)16-6-4-15(5-7-16)8-9-17/h1-3,17-18H,4-10H2. The van der Waals surface area contributed by atoms with Crippen molar-refractivity contribution in [2.45, 2.75) is 6.61 Å². The van der Waals surface area contributed by atoms with Gasteiger partial charge in [-0.2, -0.15) is 0 Å². The van der Waals surface area contributed by atoms with E-state index in [1.807, 2.05) is 6.07 Å². The Hall–Kier alpha value is -1.17. The molecule has 18 heavy (non-hydrogen) atoms. The Labute approximate surface area is 106 Å². The van der Waals surface area contributed by atoms with Gasteiger partial charge in [0.2, 0.25) is 0 Å². The molecular weight excluding hydrogens is 235 g/mol. The Morgan fingerprint density at radius 2 is 1.83 bits per heavy atom. The fourth-order valence-electron chi connectivity index (χ4n) is 2.35. The highest BCUT2D eigenvalue weighted by Gasteiger charge is 2.19. The summed E-state index contributed by atoms with van der Waals surface area (Å²) < 4.78 is 13.6. The Morgan fingerprint density at radius 3 is 2.44 bits per heavy atom. The van der Waals surface area contributed by atoms with E-state index in [1.165, 1.54) is 6.07 Å². The first kappa shape index (κ1) is 13.3. The van der Waals surface area contributed by atoms with Gasteiger partial charge in [0.1, 0.15) is 5.82 Å². The third kappa shape index (κ3) is 2.80. The molecule has 4 nitrogen and oxygen atoms in total. The van der Waals surface area contributed by atoms with Crippen molar-refractivity contribution >= 4 is 5.69 Å². The Morgan fingerprint density at radius 1 is 1.11 bits per heavy atom. The maximum atomic E-state index is 13.6. The van der Waals surface area contributed by atoms with Gasteiger partial charge in [-0.3, -0.25) is 4.90 Å². The third-order valence-electron chi connectivity index (χ3n) is 3.38. The Kier molecular flexibility index (Phi) is 4.52. The predicted octanol–water partition coefficient (Wildman–Crippen LogP) is 0.432. The van der Waals surface area contributed by atoms with Crippen molar-refractivity contribution in [3.63, 3.8) is 0 Å². The minimum Gasteiger partial charge on any atom is -0.395 e. The number of anilines is 1. The molecule has 0 saturated carbocycles. The van der Waals surface area contributed by atoms with Crippen LogP contribution in [0.25, 0.3) is 0 Å². The summed E-state index contributed by atoms with van der Waals surface area (Å²) in [5, 5.41) is 18.1. The van der Waals surface area contributed by atoms with Crippen LogP contribution in [0.15, 0.2) is 18.2 Å². The lowest BCUT2D eigenvalue weighted by Crippen LogP contribution is -2.47. The summed E-state index contributed by atoms with van der Waals surface area (Å²) in [6, 6.07) is 4.89. The lowest BCUT2D eigenvalue weighted by molar-refractivity contribution is 0.188. The van der Waals surface area contributed by atoms with E-state index >= 15 is 0 Å². The van der Waals surface area contributed by atoms with Gasteiger partial charge in [-0.15, -0.1) is 0 Å². The SMILES string of the molecule is OCCN1CCN(c2cccc(F)c2CO)CC1. The van der Waals surface area contributed by atoms with Gasteiger partial charge in [-0.1, -0.05) is 6.07 Å². The number of hydrogen-bond donors (Lipinski definition) is 2. The molecule has 1 aliphatic heterocycles. The molecule has 1 aromatic carbocycles. The molecule has 0 aromatic heterocycles. The molecule has 0 atom stereocenters. The molecule has 1 saturated heterocycles. The lowest BCUT2D eigenvalue weighted by Gasteiger charge is -2.36. The maximum Gasteiger partial charge on any atom is 0.130 e. The number of hydrogen-bond acceptors (Lipinski definition) is 4. The highest BCUT2D eigenvalue weighted by Crippen LogP contribution is 2.24. The van der Waals surface area contributed by atoms with E-state index in [-0.39, 0.29) is 19.0 Å². The third-order valence-corrected chi connectivity index (χ3v) is 3.38. The van der Waals surface area contributed by atoms with Crippen LogP contribution in [-0.4, -0.2) is 54.4 Å². The predicted molar refractivity (Wildman–Crippen MR) is 68.1 cm³/mol. The van der Waals surface area contributed by atoms with Crippen LogP contribution in [0.3, 0.4) is 0 Å². The number of aliphatic hydroxyl groups excluding tert-OH is 2. The fourth-order valence-corrected chi connectivity index (χ4v) is 2.35. The Balaban J connectivity index is 2.07. The lowest BCUT2D eigenvalue weighted by atomic mass is 10.1. The summed E-state index contributed by atoms with van der Waals surface area (Å²) in [5.74, 6) is -0.354. The van der Waals surface area contributed by atoms with E-state index in [0.717, 1.165) is 31.9 Å². The van der Waals surface area contributed by atoms with Crippen LogP contribution in [-0.2, 0) is 6.61 Å². The highest BCUT2D eigenvalue weighted by molar-refractivity contribution is 5.54. The summed E-state index contributed by atoms with van der Waals surface area (Å²) in [4.78, 5) is 4.26. The molecule has 100 valence electrons. The van der Waals surface area contributed by atoms with Gasteiger partial charge in [-0.05, 0) is 12.1 Å². The first-order chi connectivity index (χ1) is 8.76. The van der Waals surface area contributed by atoms with Crippen molar-refractivity contribution in [3.05, 3.63) is 29.6 Å². The number of piperazine rings is 1. The largest absolute Gasteiger partial charge is 0.395 e. The minimum atomic E-state index is -0.354. The molecular formula is C13H19FN2O2. The first-order valence-electron chi connectivity index (χ1n) is 6.22. The number of halogens is 1. The molecule has 0 unspecified atom stereocenters. The summed E-state index contributed by atoms with van der Waals surface area (Å²) in [6.07, 6.45) is 0. The second kappa shape index (κ2) is 6.13. The van der Waals surface area contributed by atoms with Crippen molar-refractivity contribution in [1.29, 1.82) is 0 Å². The van der Waals surface area contributed by atoms with Crippen molar-refractivity contribution in [1.82, 2.24) is 4.90 Å². The van der Waals surface area contributed by atoms with Gasteiger partial charge in [0.05, 0.1) is 13.2 Å². The van der Waals surface area contributed by atoms with Gasteiger partial charge in [0.25, 0.3) is 0 Å². The first-order valence-corrected chi connectivity index (χ1v) is 6.22. The summed E-state index contributed by atoms with van der Waals surface area (Å²) in [6.45, 7) is 3.85. The van der Waals surface area contributed by atoms with E-state index in [2.05, 4.69) is 9.80 Å². The van der Waals surface area contributed by atoms with Crippen molar-refractivity contribution in [2.75, 3.05) is 44.2 Å². The summed E-state index contributed by atoms with van der Waals surface area (Å²) >= 11 is 0. The Bertz CT molecular complexity index is 393. The van der Waals surface area contributed by atoms with Crippen LogP contribution < -0.4 is 4.90 Å². The number of benzene rings is 1. The second-order valence-electron chi connectivity index (χ2n) is 4.45. The van der Waals surface area contributed by atoms with Gasteiger partial charge < -0.3 is 15.1 Å². The molecule has 0 amide bonds. The van der Waals surface area contributed by atoms with Crippen molar-refractivity contribution in [3.8, 4) is 0 Å². The number of aliphatic hydroxyl groups is 2. The number of rotatable bonds is 4. The molecule has 2 N–H and O–H groups in total. The molecule has 2 rings (SSSR count). The highest BCUT2D eigenvalue weighted by atomic mass is 19.1. The van der Waals surface area contributed by atoms with Gasteiger partial charge in [0, 0.05) is 44.0 Å². The molecule has 1 heterocycles. The van der Waals surface area contributed by atoms with Crippen LogP contribution in [0.5, 0.6) is 0 Å². The van der Waals surface area contributed by atoms with Crippen molar-refractivity contribution in [2.24, 2.45) is 0 Å². The molecule has 0 radical (unpaired) electrons. The van der Waals surface area contributed by atoms with Crippen molar-refractivity contribution < 1.29 is 14.6 Å². The zero-order valence-corrected chi connectivity index (χ0v) is 10.3. The smallest absolute Gasteiger partial charge is 0.130 e. The van der Waals surface area contributed by atoms with Gasteiger partial charge in [-0.25, -0.2) is 4.39 Å².